The first-order valence-corrected chi connectivity index (χ1v) is 36.7. The minimum atomic E-state index is -0.258. The van der Waals surface area contributed by atoms with Crippen LogP contribution in [0.15, 0.2) is 24.3 Å². The van der Waals surface area contributed by atoms with Crippen molar-refractivity contribution < 1.29 is 52.3 Å². The Balaban J connectivity index is -0.000000127. The molecule has 0 saturated carbocycles. The molecule has 0 saturated heterocycles. The summed E-state index contributed by atoms with van der Waals surface area (Å²) in [6.45, 7) is 27.5. The summed E-state index contributed by atoms with van der Waals surface area (Å²) in [5.41, 5.74) is 2.68. The van der Waals surface area contributed by atoms with Gasteiger partial charge >= 0.3 is 11.9 Å². The molecule has 0 heterocycles. The number of benzene rings is 1. The number of carbonyl (C=O) groups is 3. The first-order valence-electron chi connectivity index (χ1n) is 19.8. The molecule has 0 spiro atoms. The van der Waals surface area contributed by atoms with E-state index in [1.807, 2.05) is 0 Å². The molecule has 0 fully saturated rings. The molecular weight excluding hydrogens is 805 g/mol. The van der Waals surface area contributed by atoms with Gasteiger partial charge in [0.05, 0.1) is 59.5 Å². The van der Waals surface area contributed by atoms with Crippen molar-refractivity contribution in [2.45, 2.75) is 105 Å². The Kier molecular flexibility index (Phi) is 70.4. The zero-order valence-corrected chi connectivity index (χ0v) is 47.5. The molecule has 0 aromatic heterocycles. The highest BCUT2D eigenvalue weighted by molar-refractivity contribution is 6.34. The van der Waals surface area contributed by atoms with E-state index in [9.17, 15) is 14.4 Å². The number of aryl methyl sites for hydroxylation is 1. The summed E-state index contributed by atoms with van der Waals surface area (Å²) < 4.78 is 38.8. The molecular formula is C36H86O11Si7. The third-order valence-corrected chi connectivity index (χ3v) is 10.7. The van der Waals surface area contributed by atoms with Crippen LogP contribution >= 0.6 is 0 Å². The lowest BCUT2D eigenvalue weighted by molar-refractivity contribution is -0.146. The van der Waals surface area contributed by atoms with Crippen molar-refractivity contribution in [1.82, 2.24) is 0 Å². The van der Waals surface area contributed by atoms with Crippen LogP contribution in [0.5, 0.6) is 0 Å². The van der Waals surface area contributed by atoms with Gasteiger partial charge in [-0.15, -0.1) is 0 Å². The van der Waals surface area contributed by atoms with E-state index in [2.05, 4.69) is 112 Å². The molecule has 0 aliphatic heterocycles. The van der Waals surface area contributed by atoms with Gasteiger partial charge in [0.25, 0.3) is 6.47 Å². The number of hydrogen-bond acceptors (Lipinski definition) is 11. The summed E-state index contributed by atoms with van der Waals surface area (Å²) in [6, 6.07) is 9.96. The molecule has 0 N–H and O–H groups in total. The van der Waals surface area contributed by atoms with Crippen LogP contribution in [0.2, 0.25) is 51.9 Å². The average Bonchev–Trinajstić information content (AvgIpc) is 3.14. The van der Waals surface area contributed by atoms with Gasteiger partial charge in [-0.1, -0.05) is 81.7 Å². The summed E-state index contributed by atoms with van der Waals surface area (Å²) in [5.74, 6) is -0.416. The van der Waals surface area contributed by atoms with Crippen molar-refractivity contribution in [3.63, 3.8) is 0 Å². The van der Waals surface area contributed by atoms with Gasteiger partial charge in [-0.05, 0) is 39.7 Å². The first-order chi connectivity index (χ1) is 25.7. The predicted octanol–water partition coefficient (Wildman–Crippen LogP) is 1.54. The van der Waals surface area contributed by atoms with E-state index in [4.69, 9.17) is 23.7 Å². The molecule has 0 aliphatic carbocycles. The molecule has 11 nitrogen and oxygen atoms in total. The summed E-state index contributed by atoms with van der Waals surface area (Å²) in [6.07, 6.45) is 6.32. The van der Waals surface area contributed by atoms with Crippen LogP contribution in [-0.2, 0) is 58.9 Å². The van der Waals surface area contributed by atoms with E-state index in [1.54, 1.807) is 14.2 Å². The van der Waals surface area contributed by atoms with Crippen molar-refractivity contribution in [1.29, 1.82) is 0 Å². The van der Waals surface area contributed by atoms with Crippen LogP contribution in [0.3, 0.4) is 0 Å². The molecule has 0 unspecified atom stereocenters. The summed E-state index contributed by atoms with van der Waals surface area (Å²) >= 11 is 0. The number of esters is 2. The zero-order chi connectivity index (χ0) is 42.7. The molecule has 324 valence electrons. The fourth-order valence-electron chi connectivity index (χ4n) is 2.91. The van der Waals surface area contributed by atoms with Crippen LogP contribution in [-0.4, -0.2) is 163 Å². The molecule has 0 atom stereocenters. The van der Waals surface area contributed by atoms with Crippen LogP contribution in [0, 0.1) is 6.92 Å². The van der Waals surface area contributed by atoms with E-state index in [1.165, 1.54) is 37.6 Å². The Labute approximate surface area is 348 Å². The summed E-state index contributed by atoms with van der Waals surface area (Å²) in [7, 11) is 5.40. The maximum atomic E-state index is 10.5. The second-order valence-electron chi connectivity index (χ2n) is 12.7. The third kappa shape index (κ3) is 83.8. The summed E-state index contributed by atoms with van der Waals surface area (Å²) in [4.78, 5) is 29.8. The Morgan fingerprint density at radius 1 is 0.667 bits per heavy atom. The normalized spacial score (nSPS) is 11.0. The summed E-state index contributed by atoms with van der Waals surface area (Å²) in [5, 5.41) is 0. The fourth-order valence-corrected chi connectivity index (χ4v) is 6.53. The molecule has 18 heteroatoms. The number of methoxy groups -OCH3 is 3. The lowest BCUT2D eigenvalue weighted by Gasteiger charge is -2.18. The van der Waals surface area contributed by atoms with Crippen molar-refractivity contribution in [3.05, 3.63) is 35.4 Å². The van der Waals surface area contributed by atoms with Crippen LogP contribution in [0.1, 0.15) is 45.2 Å². The SMILES string of the molecule is COCC(=O)OC[SiH2]C.COCCC[SiH2]C.COC[SiH2]C.C[SiH2]COC(C)(C)C.C[SiH2]COC(C)=O.C[SiH2]COC=O.C[SiH2]COCc1ccc(C)cc1. The van der Waals surface area contributed by atoms with Gasteiger partial charge in [0.2, 0.25) is 0 Å². The number of rotatable bonds is 21. The standard InChI is InChI=1S/C10H16OSi.C6H16OSi.C5H12O3Si.C5H14OSi.C4H10O2Si.C3H8O2Si.C3H10OSi/c1-9-3-5-10(6-4-9)7-11-8-12-2;1-6(2,3)7-5-8-4;1-7-3-5(6)8-4-9-2;1-6-4-3-5-7-2;1-4(5)6-3-7-2;1-6-3-5-2-4;1-4-3-5-2/h3-6H,7-8,12H2,1-2H3;5,8H2,1-4H3;3-4,9H2,1-2H3;3-5,7H2,1-2H3;3,7H2,1-2H3;2H,3,6H2,1H3;3,5H2,1-2H3. The third-order valence-electron chi connectivity index (χ3n) is 5.47. The Hall–Kier alpha value is -1.05. The molecule has 0 aliphatic rings. The Bertz CT molecular complexity index is 847. The lowest BCUT2D eigenvalue weighted by atomic mass is 10.2. The second-order valence-corrected chi connectivity index (χ2v) is 22.8. The highest BCUT2D eigenvalue weighted by Crippen LogP contribution is 2.05. The average molecular weight is 892 g/mol. The monoisotopic (exact) mass is 890 g/mol. The van der Waals surface area contributed by atoms with Crippen molar-refractivity contribution in [2.24, 2.45) is 0 Å². The number of hydrogen-bond donors (Lipinski definition) is 0. The van der Waals surface area contributed by atoms with Crippen LogP contribution < -0.4 is 0 Å². The van der Waals surface area contributed by atoms with Crippen LogP contribution in [0.4, 0.5) is 0 Å². The molecule has 1 aromatic carbocycles. The molecule has 1 rings (SSSR count). The smallest absolute Gasteiger partial charge is 0.331 e. The van der Waals surface area contributed by atoms with Crippen LogP contribution in [0.25, 0.3) is 0 Å². The van der Waals surface area contributed by atoms with Crippen molar-refractivity contribution >= 4 is 85.0 Å². The maximum absolute atomic E-state index is 10.5. The molecule has 0 bridgehead atoms. The van der Waals surface area contributed by atoms with E-state index in [-0.39, 0.29) is 81.3 Å². The van der Waals surface area contributed by atoms with E-state index in [0.717, 1.165) is 31.9 Å². The fraction of sp³-hybridized carbons (Fsp3) is 0.750. The van der Waals surface area contributed by atoms with Gasteiger partial charge in [-0.25, -0.2) is 4.79 Å². The lowest BCUT2D eigenvalue weighted by Crippen LogP contribution is -2.21. The van der Waals surface area contributed by atoms with E-state index in [0.29, 0.717) is 34.7 Å². The highest BCUT2D eigenvalue weighted by Gasteiger charge is 2.07. The van der Waals surface area contributed by atoms with Gasteiger partial charge in [-0.3, -0.25) is 9.59 Å². The van der Waals surface area contributed by atoms with Crippen molar-refractivity contribution in [2.75, 3.05) is 71.9 Å². The van der Waals surface area contributed by atoms with Gasteiger partial charge in [0.1, 0.15) is 6.61 Å². The molecule has 0 amide bonds. The Morgan fingerprint density at radius 3 is 1.50 bits per heavy atom. The minimum Gasteiger partial charge on any atom is -0.472 e. The quantitative estimate of drug-likeness (QED) is 0.0588. The van der Waals surface area contributed by atoms with Gasteiger partial charge in [0, 0.05) is 91.6 Å². The predicted molar refractivity (Wildman–Crippen MR) is 252 cm³/mol. The van der Waals surface area contributed by atoms with E-state index >= 15 is 0 Å². The van der Waals surface area contributed by atoms with Gasteiger partial charge < -0.3 is 37.9 Å². The Morgan fingerprint density at radius 2 is 1.19 bits per heavy atom. The maximum Gasteiger partial charge on any atom is 0.331 e. The number of carbonyl (C=O) groups excluding carboxylic acids is 3. The second kappa shape index (κ2) is 58.7. The molecule has 0 radical (unpaired) electrons. The van der Waals surface area contributed by atoms with Crippen molar-refractivity contribution in [3.8, 4) is 0 Å². The largest absolute Gasteiger partial charge is 0.472 e. The van der Waals surface area contributed by atoms with E-state index < -0.39 is 0 Å². The van der Waals surface area contributed by atoms with Gasteiger partial charge in [0.15, 0.2) is 0 Å². The zero-order valence-electron chi connectivity index (χ0n) is 37.6. The number of ether oxygens (including phenoxy) is 8. The first kappa shape index (κ1) is 64.8. The molecule has 1 aromatic rings. The highest BCUT2D eigenvalue weighted by atomic mass is 28.2. The van der Waals surface area contributed by atoms with Gasteiger partial charge in [-0.2, -0.15) is 0 Å². The topological polar surface area (TPSA) is 125 Å². The molecule has 54 heavy (non-hydrogen) atoms. The minimum absolute atomic E-state index is 0.0505.